The van der Waals surface area contributed by atoms with Crippen LogP contribution in [-0.2, 0) is 21.4 Å². The van der Waals surface area contributed by atoms with Crippen LogP contribution in [0.1, 0.15) is 19.2 Å². The third kappa shape index (κ3) is 2.79. The van der Waals surface area contributed by atoms with Crippen molar-refractivity contribution in [2.24, 2.45) is 0 Å². The predicted octanol–water partition coefficient (Wildman–Crippen LogP) is -0.278. The molecule has 0 radical (unpaired) electrons. The molecule has 1 amide bonds. The molecule has 0 bridgehead atoms. The zero-order chi connectivity index (χ0) is 14.0. The van der Waals surface area contributed by atoms with Gasteiger partial charge in [0.15, 0.2) is 5.03 Å². The Labute approximate surface area is 112 Å². The first-order valence-electron chi connectivity index (χ1n) is 6.25. The fourth-order valence-corrected chi connectivity index (χ4v) is 3.41. The van der Waals surface area contributed by atoms with Crippen LogP contribution in [0.15, 0.2) is 11.2 Å². The lowest BCUT2D eigenvalue weighted by Gasteiger charge is -2.24. The topological polar surface area (TPSA) is 84.3 Å². The highest BCUT2D eigenvalue weighted by molar-refractivity contribution is 7.89. The van der Waals surface area contributed by atoms with Crippen molar-refractivity contribution in [1.29, 1.82) is 0 Å². The van der Waals surface area contributed by atoms with Crippen LogP contribution < -0.4 is 5.32 Å². The quantitative estimate of drug-likeness (QED) is 0.825. The number of hydrogen-bond donors (Lipinski definition) is 1. The lowest BCUT2D eigenvalue weighted by atomic mass is 10.4. The van der Waals surface area contributed by atoms with Crippen molar-refractivity contribution < 1.29 is 13.2 Å². The van der Waals surface area contributed by atoms with Crippen molar-refractivity contribution in [2.75, 3.05) is 19.6 Å². The lowest BCUT2D eigenvalue weighted by molar-refractivity contribution is -0.122. The Bertz CT molecular complexity index is 579. The summed E-state index contributed by atoms with van der Waals surface area (Å²) in [6.07, 6.45) is 2.45. The van der Waals surface area contributed by atoms with Gasteiger partial charge in [0.1, 0.15) is 5.82 Å². The molecule has 2 heterocycles. The lowest BCUT2D eigenvalue weighted by Crippen LogP contribution is -2.49. The second kappa shape index (κ2) is 5.30. The molecule has 2 rings (SSSR count). The van der Waals surface area contributed by atoms with Crippen LogP contribution in [0.25, 0.3) is 0 Å². The molecule has 0 aromatic carbocycles. The van der Waals surface area contributed by atoms with E-state index in [0.29, 0.717) is 12.4 Å². The van der Waals surface area contributed by atoms with Gasteiger partial charge in [0.2, 0.25) is 5.91 Å². The SMILES string of the molecule is CCCn1cc(S(=O)(=O)N2CCNC(=O)C2)nc1C. The van der Waals surface area contributed by atoms with E-state index in [2.05, 4.69) is 10.3 Å². The van der Waals surface area contributed by atoms with Crippen molar-refractivity contribution in [3.8, 4) is 0 Å². The molecule has 1 N–H and O–H groups in total. The van der Waals surface area contributed by atoms with Gasteiger partial charge in [-0.3, -0.25) is 4.79 Å². The van der Waals surface area contributed by atoms with Crippen molar-refractivity contribution in [2.45, 2.75) is 31.8 Å². The molecule has 0 unspecified atom stereocenters. The van der Waals surface area contributed by atoms with Gasteiger partial charge in [0.25, 0.3) is 10.0 Å². The van der Waals surface area contributed by atoms with Crippen LogP contribution in [0.5, 0.6) is 0 Å². The van der Waals surface area contributed by atoms with Gasteiger partial charge in [-0.05, 0) is 13.3 Å². The van der Waals surface area contributed by atoms with E-state index < -0.39 is 10.0 Å². The first-order chi connectivity index (χ1) is 8.95. The molecule has 7 nitrogen and oxygen atoms in total. The number of nitrogens with one attached hydrogen (secondary N) is 1. The number of nitrogens with zero attached hydrogens (tertiary/aromatic N) is 3. The summed E-state index contributed by atoms with van der Waals surface area (Å²) in [7, 11) is -3.67. The summed E-state index contributed by atoms with van der Waals surface area (Å²) in [5.41, 5.74) is 0. The fraction of sp³-hybridized carbons (Fsp3) is 0.636. The van der Waals surface area contributed by atoms with Gasteiger partial charge in [0.05, 0.1) is 6.54 Å². The number of amides is 1. The molecule has 0 aliphatic carbocycles. The van der Waals surface area contributed by atoms with Gasteiger partial charge >= 0.3 is 0 Å². The number of hydrogen-bond acceptors (Lipinski definition) is 4. The Kier molecular flexibility index (Phi) is 3.91. The molecule has 1 aliphatic rings. The second-order valence-electron chi connectivity index (χ2n) is 4.51. The minimum atomic E-state index is -3.67. The maximum atomic E-state index is 12.4. The van der Waals surface area contributed by atoms with E-state index in [1.807, 2.05) is 11.5 Å². The standard InChI is InChI=1S/C11H18N4O3S/c1-3-5-14-8-11(13-9(14)2)19(17,18)15-6-4-12-10(16)7-15/h8H,3-7H2,1-2H3,(H,12,16). The number of imidazole rings is 1. The zero-order valence-corrected chi connectivity index (χ0v) is 11.9. The normalized spacial score (nSPS) is 17.5. The number of sulfonamides is 1. The van der Waals surface area contributed by atoms with Crippen molar-refractivity contribution in [1.82, 2.24) is 19.2 Å². The maximum Gasteiger partial charge on any atom is 0.262 e. The van der Waals surface area contributed by atoms with Crippen LogP contribution in [0.4, 0.5) is 0 Å². The number of aromatic nitrogens is 2. The van der Waals surface area contributed by atoms with Crippen molar-refractivity contribution in [3.05, 3.63) is 12.0 Å². The molecule has 1 aromatic rings. The summed E-state index contributed by atoms with van der Waals surface area (Å²) in [4.78, 5) is 15.4. The van der Waals surface area contributed by atoms with Crippen molar-refractivity contribution in [3.63, 3.8) is 0 Å². The number of carbonyl (C=O) groups excluding carboxylic acids is 1. The summed E-state index contributed by atoms with van der Waals surface area (Å²) in [5.74, 6) is 0.390. The molecular formula is C11H18N4O3S. The monoisotopic (exact) mass is 286 g/mol. The van der Waals surface area contributed by atoms with Gasteiger partial charge in [-0.1, -0.05) is 6.92 Å². The third-order valence-corrected chi connectivity index (χ3v) is 4.74. The number of piperazine rings is 1. The molecule has 1 aliphatic heterocycles. The number of carbonyl (C=O) groups is 1. The average Bonchev–Trinajstić information content (AvgIpc) is 2.72. The smallest absolute Gasteiger partial charge is 0.262 e. The van der Waals surface area contributed by atoms with E-state index in [0.717, 1.165) is 13.0 Å². The van der Waals surface area contributed by atoms with Gasteiger partial charge in [0, 0.05) is 25.8 Å². The van der Waals surface area contributed by atoms with Crippen LogP contribution in [0, 0.1) is 6.92 Å². The number of rotatable bonds is 4. The predicted molar refractivity (Wildman–Crippen MR) is 69.0 cm³/mol. The van der Waals surface area contributed by atoms with Gasteiger partial charge in [-0.15, -0.1) is 0 Å². The summed E-state index contributed by atoms with van der Waals surface area (Å²) in [5, 5.41) is 2.62. The van der Waals surface area contributed by atoms with E-state index in [1.165, 1.54) is 4.31 Å². The minimum absolute atomic E-state index is 0.0214. The highest BCUT2D eigenvalue weighted by Crippen LogP contribution is 2.16. The Balaban J connectivity index is 2.28. The molecule has 1 saturated heterocycles. The fourth-order valence-electron chi connectivity index (χ4n) is 2.02. The van der Waals surface area contributed by atoms with Gasteiger partial charge in [-0.2, -0.15) is 4.31 Å². The Morgan fingerprint density at radius 1 is 1.47 bits per heavy atom. The Hall–Kier alpha value is -1.41. The van der Waals surface area contributed by atoms with E-state index in [-0.39, 0.29) is 24.0 Å². The molecule has 106 valence electrons. The summed E-state index contributed by atoms with van der Waals surface area (Å²) in [6, 6.07) is 0. The Morgan fingerprint density at radius 3 is 2.84 bits per heavy atom. The van der Waals surface area contributed by atoms with Crippen molar-refractivity contribution >= 4 is 15.9 Å². The molecule has 1 aromatic heterocycles. The highest BCUT2D eigenvalue weighted by atomic mass is 32.2. The van der Waals surface area contributed by atoms with Crippen LogP contribution in [-0.4, -0.2) is 47.8 Å². The van der Waals surface area contributed by atoms with E-state index in [1.54, 1.807) is 13.1 Å². The molecule has 0 spiro atoms. The summed E-state index contributed by atoms with van der Waals surface area (Å²) < 4.78 is 27.7. The van der Waals surface area contributed by atoms with Crippen LogP contribution in [0.2, 0.25) is 0 Å². The molecule has 19 heavy (non-hydrogen) atoms. The summed E-state index contributed by atoms with van der Waals surface area (Å²) in [6.45, 7) is 5.01. The van der Waals surface area contributed by atoms with Crippen LogP contribution >= 0.6 is 0 Å². The van der Waals surface area contributed by atoms with Gasteiger partial charge in [-0.25, -0.2) is 13.4 Å². The molecule has 1 fully saturated rings. The van der Waals surface area contributed by atoms with E-state index >= 15 is 0 Å². The van der Waals surface area contributed by atoms with Crippen LogP contribution in [0.3, 0.4) is 0 Å². The molecule has 8 heteroatoms. The molecule has 0 atom stereocenters. The number of aryl methyl sites for hydroxylation is 2. The van der Waals surface area contributed by atoms with Gasteiger partial charge < -0.3 is 9.88 Å². The first-order valence-corrected chi connectivity index (χ1v) is 7.69. The molecule has 0 saturated carbocycles. The van der Waals surface area contributed by atoms with E-state index in [9.17, 15) is 13.2 Å². The second-order valence-corrected chi connectivity index (χ2v) is 6.39. The first kappa shape index (κ1) is 14.0. The third-order valence-electron chi connectivity index (χ3n) is 3.03. The molecular weight excluding hydrogens is 268 g/mol. The largest absolute Gasteiger partial charge is 0.354 e. The maximum absolute atomic E-state index is 12.4. The highest BCUT2D eigenvalue weighted by Gasteiger charge is 2.31. The minimum Gasteiger partial charge on any atom is -0.354 e. The average molecular weight is 286 g/mol. The zero-order valence-electron chi connectivity index (χ0n) is 11.1. The van der Waals surface area contributed by atoms with E-state index in [4.69, 9.17) is 0 Å². The summed E-state index contributed by atoms with van der Waals surface area (Å²) >= 11 is 0. The Morgan fingerprint density at radius 2 is 2.21 bits per heavy atom.